The first-order chi connectivity index (χ1) is 14.2. The van der Waals surface area contributed by atoms with Crippen LogP contribution in [0.25, 0.3) is 10.2 Å². The largest absolute Gasteiger partial charge is 0.350 e. The lowest BCUT2D eigenvalue weighted by molar-refractivity contribution is 0.566. The number of aromatic nitrogens is 2. The molecule has 1 atom stereocenters. The summed E-state index contributed by atoms with van der Waals surface area (Å²) in [4.78, 5) is 10.2. The number of fused-ring (bicyclic) bond motifs is 1. The Labute approximate surface area is 180 Å². The maximum absolute atomic E-state index is 12.5. The van der Waals surface area contributed by atoms with Gasteiger partial charge in [0.2, 0.25) is 16.0 Å². The molecule has 1 saturated heterocycles. The Balaban J connectivity index is 1.60. The average molecular weight is 447 g/mol. The number of nitrogens with zero attached hydrogens (tertiary/aromatic N) is 2. The van der Waals surface area contributed by atoms with Crippen LogP contribution in [-0.2, 0) is 10.0 Å². The van der Waals surface area contributed by atoms with Gasteiger partial charge in [-0.25, -0.2) is 13.4 Å². The van der Waals surface area contributed by atoms with Crippen molar-refractivity contribution in [1.82, 2.24) is 15.3 Å². The molecule has 0 aliphatic carbocycles. The Kier molecular flexibility index (Phi) is 5.56. The highest BCUT2D eigenvalue weighted by Crippen LogP contribution is 2.30. The van der Waals surface area contributed by atoms with E-state index in [1.54, 1.807) is 50.3 Å². The SMILES string of the molecule is CC(C)(C)S(=O)(=O)Nc1cccc(Nc2nc(NC3CCNC3)nc3sccc23)c1. The number of hydrogen-bond acceptors (Lipinski definition) is 8. The second kappa shape index (κ2) is 8.01. The molecular weight excluding hydrogens is 420 g/mol. The van der Waals surface area contributed by atoms with Gasteiger partial charge in [-0.15, -0.1) is 11.3 Å². The molecule has 0 spiro atoms. The van der Waals surface area contributed by atoms with Gasteiger partial charge in [0.05, 0.1) is 15.8 Å². The third-order valence-electron chi connectivity index (χ3n) is 4.90. The molecule has 10 heteroatoms. The topological polar surface area (TPSA) is 108 Å². The van der Waals surface area contributed by atoms with E-state index >= 15 is 0 Å². The standard InChI is InChI=1S/C20H26N6O2S2/c1-20(2,3)30(27,28)26-14-6-4-5-13(11-14)22-17-16-8-10-29-18(16)25-19(24-17)23-15-7-9-21-12-15/h4-6,8,10-11,15,21,26H,7,9,12H2,1-3H3,(H2,22,23,24,25). The molecule has 2 aromatic heterocycles. The van der Waals surface area contributed by atoms with Crippen molar-refractivity contribution in [3.05, 3.63) is 35.7 Å². The zero-order valence-electron chi connectivity index (χ0n) is 17.2. The van der Waals surface area contributed by atoms with Crippen LogP contribution in [0, 0.1) is 0 Å². The molecule has 0 bridgehead atoms. The van der Waals surface area contributed by atoms with E-state index < -0.39 is 14.8 Å². The van der Waals surface area contributed by atoms with E-state index in [2.05, 4.69) is 30.6 Å². The molecule has 4 N–H and O–H groups in total. The van der Waals surface area contributed by atoms with E-state index in [1.165, 1.54) is 0 Å². The van der Waals surface area contributed by atoms with Gasteiger partial charge in [-0.3, -0.25) is 4.72 Å². The molecule has 1 aliphatic heterocycles. The minimum Gasteiger partial charge on any atom is -0.350 e. The van der Waals surface area contributed by atoms with Crippen molar-refractivity contribution in [3.63, 3.8) is 0 Å². The monoisotopic (exact) mass is 446 g/mol. The van der Waals surface area contributed by atoms with Crippen LogP contribution in [0.1, 0.15) is 27.2 Å². The van der Waals surface area contributed by atoms with Crippen molar-refractivity contribution in [2.24, 2.45) is 0 Å². The first kappa shape index (κ1) is 20.8. The van der Waals surface area contributed by atoms with Gasteiger partial charge in [-0.1, -0.05) is 6.07 Å². The number of hydrogen-bond donors (Lipinski definition) is 4. The van der Waals surface area contributed by atoms with Crippen LogP contribution in [-0.4, -0.2) is 42.3 Å². The molecule has 1 aromatic carbocycles. The van der Waals surface area contributed by atoms with E-state index in [0.717, 1.165) is 35.4 Å². The molecule has 160 valence electrons. The highest BCUT2D eigenvalue weighted by Gasteiger charge is 2.28. The lowest BCUT2D eigenvalue weighted by Gasteiger charge is -2.20. The Morgan fingerprint density at radius 3 is 2.70 bits per heavy atom. The molecule has 8 nitrogen and oxygen atoms in total. The van der Waals surface area contributed by atoms with E-state index in [1.807, 2.05) is 17.5 Å². The van der Waals surface area contributed by atoms with Crippen LogP contribution in [0.5, 0.6) is 0 Å². The number of anilines is 4. The number of rotatable bonds is 6. The summed E-state index contributed by atoms with van der Waals surface area (Å²) in [7, 11) is -3.50. The minimum atomic E-state index is -3.50. The lowest BCUT2D eigenvalue weighted by atomic mass is 10.2. The molecule has 0 radical (unpaired) electrons. The van der Waals surface area contributed by atoms with Gasteiger partial charge in [0.1, 0.15) is 10.6 Å². The van der Waals surface area contributed by atoms with Gasteiger partial charge in [0.25, 0.3) is 0 Å². The summed E-state index contributed by atoms with van der Waals surface area (Å²) in [6.45, 7) is 6.88. The van der Waals surface area contributed by atoms with E-state index in [9.17, 15) is 8.42 Å². The average Bonchev–Trinajstić information content (AvgIpc) is 3.32. The van der Waals surface area contributed by atoms with Crippen LogP contribution < -0.4 is 20.7 Å². The molecule has 4 rings (SSSR count). The Hall–Kier alpha value is -2.43. The van der Waals surface area contributed by atoms with Gasteiger partial charge in [-0.05, 0) is 63.4 Å². The van der Waals surface area contributed by atoms with Crippen molar-refractivity contribution in [1.29, 1.82) is 0 Å². The summed E-state index contributed by atoms with van der Waals surface area (Å²) >= 11 is 1.56. The zero-order chi connectivity index (χ0) is 21.4. The number of sulfonamides is 1. The molecule has 3 aromatic rings. The number of benzene rings is 1. The van der Waals surface area contributed by atoms with Crippen molar-refractivity contribution >= 4 is 54.7 Å². The van der Waals surface area contributed by atoms with Crippen molar-refractivity contribution in [3.8, 4) is 0 Å². The molecule has 3 heterocycles. The normalized spacial score (nSPS) is 17.2. The predicted molar refractivity (Wildman–Crippen MR) is 124 cm³/mol. The maximum atomic E-state index is 12.5. The van der Waals surface area contributed by atoms with Crippen LogP contribution in [0.4, 0.5) is 23.1 Å². The van der Waals surface area contributed by atoms with Gasteiger partial charge in [-0.2, -0.15) is 4.98 Å². The highest BCUT2D eigenvalue weighted by atomic mass is 32.2. The fraction of sp³-hybridized carbons (Fsp3) is 0.400. The summed E-state index contributed by atoms with van der Waals surface area (Å²) in [6, 6.07) is 9.47. The molecule has 1 unspecified atom stereocenters. The van der Waals surface area contributed by atoms with Crippen LogP contribution in [0.15, 0.2) is 35.7 Å². The molecule has 30 heavy (non-hydrogen) atoms. The van der Waals surface area contributed by atoms with Crippen LogP contribution in [0.3, 0.4) is 0 Å². The Morgan fingerprint density at radius 2 is 1.97 bits per heavy atom. The van der Waals surface area contributed by atoms with Gasteiger partial charge < -0.3 is 16.0 Å². The van der Waals surface area contributed by atoms with Gasteiger partial charge in [0, 0.05) is 18.3 Å². The minimum absolute atomic E-state index is 0.311. The van der Waals surface area contributed by atoms with Gasteiger partial charge in [0.15, 0.2) is 0 Å². The summed E-state index contributed by atoms with van der Waals surface area (Å²) < 4.78 is 26.7. The molecular formula is C20H26N6O2S2. The third kappa shape index (κ3) is 4.50. The second-order valence-electron chi connectivity index (χ2n) is 8.29. The summed E-state index contributed by atoms with van der Waals surface area (Å²) in [6.07, 6.45) is 1.03. The van der Waals surface area contributed by atoms with E-state index in [4.69, 9.17) is 0 Å². The van der Waals surface area contributed by atoms with Crippen LogP contribution in [0.2, 0.25) is 0 Å². The fourth-order valence-electron chi connectivity index (χ4n) is 3.08. The molecule has 0 saturated carbocycles. The fourth-order valence-corrected chi connectivity index (χ4v) is 4.59. The highest BCUT2D eigenvalue weighted by molar-refractivity contribution is 7.94. The van der Waals surface area contributed by atoms with Crippen molar-refractivity contribution in [2.75, 3.05) is 28.4 Å². The first-order valence-electron chi connectivity index (χ1n) is 9.83. The summed E-state index contributed by atoms with van der Waals surface area (Å²) in [5.74, 6) is 1.27. The lowest BCUT2D eigenvalue weighted by Crippen LogP contribution is -2.33. The zero-order valence-corrected chi connectivity index (χ0v) is 18.8. The van der Waals surface area contributed by atoms with Crippen molar-refractivity contribution < 1.29 is 8.42 Å². The third-order valence-corrected chi connectivity index (χ3v) is 7.83. The van der Waals surface area contributed by atoms with Crippen molar-refractivity contribution in [2.45, 2.75) is 38.0 Å². The number of thiophene rings is 1. The van der Waals surface area contributed by atoms with Gasteiger partial charge >= 0.3 is 0 Å². The summed E-state index contributed by atoms with van der Waals surface area (Å²) in [5.41, 5.74) is 1.24. The first-order valence-corrected chi connectivity index (χ1v) is 12.2. The van der Waals surface area contributed by atoms with E-state index in [-0.39, 0.29) is 0 Å². The molecule has 1 fully saturated rings. The quantitative estimate of drug-likeness (QED) is 0.457. The Morgan fingerprint density at radius 1 is 1.17 bits per heavy atom. The smallest absolute Gasteiger partial charge is 0.237 e. The van der Waals surface area contributed by atoms with E-state index in [0.29, 0.717) is 23.5 Å². The molecule has 0 amide bonds. The number of nitrogens with one attached hydrogen (secondary N) is 4. The summed E-state index contributed by atoms with van der Waals surface area (Å²) in [5, 5.41) is 13.0. The molecule has 1 aliphatic rings. The maximum Gasteiger partial charge on any atom is 0.237 e. The Bertz CT molecular complexity index is 1150. The van der Waals surface area contributed by atoms with Crippen LogP contribution >= 0.6 is 11.3 Å². The predicted octanol–water partition coefficient (Wildman–Crippen LogP) is 3.75. The second-order valence-corrected chi connectivity index (χ2v) is 11.6.